The minimum Gasteiger partial charge on any atom is -0.465 e. The quantitative estimate of drug-likeness (QED) is 0.735. The van der Waals surface area contributed by atoms with E-state index >= 15 is 0 Å². The molecule has 0 spiro atoms. The number of amides is 1. The van der Waals surface area contributed by atoms with Crippen molar-refractivity contribution in [2.75, 3.05) is 0 Å². The van der Waals surface area contributed by atoms with Gasteiger partial charge in [0.25, 0.3) is 0 Å². The lowest BCUT2D eigenvalue weighted by Crippen LogP contribution is -2.21. The number of rotatable bonds is 5. The lowest BCUT2D eigenvalue weighted by atomic mass is 10.2. The highest BCUT2D eigenvalue weighted by Crippen LogP contribution is 2.15. The molecule has 0 radical (unpaired) electrons. The lowest BCUT2D eigenvalue weighted by molar-refractivity contribution is -0.116. The summed E-state index contributed by atoms with van der Waals surface area (Å²) in [6.45, 7) is 0.387. The van der Waals surface area contributed by atoms with E-state index in [4.69, 9.17) is 4.42 Å². The van der Waals surface area contributed by atoms with Crippen LogP contribution in [-0.4, -0.2) is 20.7 Å². The summed E-state index contributed by atoms with van der Waals surface area (Å²) in [4.78, 5) is 16.1. The second-order valence-corrected chi connectivity index (χ2v) is 4.93. The van der Waals surface area contributed by atoms with Crippen LogP contribution in [0.3, 0.4) is 0 Å². The Morgan fingerprint density at radius 1 is 1.30 bits per heavy atom. The summed E-state index contributed by atoms with van der Waals surface area (Å²) in [6.07, 6.45) is 6.35. The Labute approximate surface area is 133 Å². The maximum absolute atomic E-state index is 11.8. The average Bonchev–Trinajstić information content (AvgIpc) is 3.21. The Morgan fingerprint density at radius 2 is 2.22 bits per heavy atom. The summed E-state index contributed by atoms with van der Waals surface area (Å²) in [5.74, 6) is 0.445. The van der Waals surface area contributed by atoms with Crippen molar-refractivity contribution < 1.29 is 9.21 Å². The van der Waals surface area contributed by atoms with Gasteiger partial charge in [-0.25, -0.2) is 0 Å². The molecule has 23 heavy (non-hydrogen) atoms. The standard InChI is InChI=1S/C17H16N4O2/c1-21-13(11-16(20-21)15-6-2-3-9-18-15)12-19-17(22)8-7-14-5-4-10-23-14/h2-11H,12H2,1H3,(H,19,22)/b8-7+. The molecular formula is C17H16N4O2. The molecule has 3 aromatic heterocycles. The number of carbonyl (C=O) groups is 1. The van der Waals surface area contributed by atoms with Gasteiger partial charge in [0.2, 0.25) is 5.91 Å². The number of hydrogen-bond acceptors (Lipinski definition) is 4. The molecule has 3 aromatic rings. The predicted molar refractivity (Wildman–Crippen MR) is 86.0 cm³/mol. The smallest absolute Gasteiger partial charge is 0.244 e. The first-order valence-electron chi connectivity index (χ1n) is 7.16. The molecule has 1 N–H and O–H groups in total. The zero-order valence-corrected chi connectivity index (χ0v) is 12.6. The molecule has 6 heteroatoms. The highest BCUT2D eigenvalue weighted by molar-refractivity contribution is 5.91. The number of carbonyl (C=O) groups excluding carboxylic acids is 1. The average molecular weight is 308 g/mol. The molecule has 0 saturated heterocycles. The summed E-state index contributed by atoms with van der Waals surface area (Å²) < 4.78 is 6.87. The van der Waals surface area contributed by atoms with Crippen LogP contribution in [0.1, 0.15) is 11.5 Å². The molecule has 0 atom stereocenters. The zero-order chi connectivity index (χ0) is 16.1. The van der Waals surface area contributed by atoms with Crippen LogP contribution in [0.5, 0.6) is 0 Å². The van der Waals surface area contributed by atoms with Gasteiger partial charge in [-0.05, 0) is 36.4 Å². The van der Waals surface area contributed by atoms with Crippen LogP contribution in [0.2, 0.25) is 0 Å². The van der Waals surface area contributed by atoms with Gasteiger partial charge in [0.15, 0.2) is 0 Å². The molecule has 0 fully saturated rings. The van der Waals surface area contributed by atoms with Crippen LogP contribution in [0.25, 0.3) is 17.5 Å². The number of nitrogens with one attached hydrogen (secondary N) is 1. The van der Waals surface area contributed by atoms with Crippen LogP contribution in [0.15, 0.2) is 59.4 Å². The first-order valence-corrected chi connectivity index (χ1v) is 7.16. The molecule has 116 valence electrons. The van der Waals surface area contributed by atoms with Crippen LogP contribution in [-0.2, 0) is 18.4 Å². The number of aromatic nitrogens is 3. The van der Waals surface area contributed by atoms with Crippen molar-refractivity contribution >= 4 is 12.0 Å². The normalized spacial score (nSPS) is 11.0. The fraction of sp³-hybridized carbons (Fsp3) is 0.118. The summed E-state index contributed by atoms with van der Waals surface area (Å²) in [7, 11) is 1.84. The zero-order valence-electron chi connectivity index (χ0n) is 12.6. The molecule has 0 aliphatic carbocycles. The number of aryl methyl sites for hydroxylation is 1. The van der Waals surface area contributed by atoms with Gasteiger partial charge in [-0.15, -0.1) is 0 Å². The molecule has 0 aliphatic rings. The van der Waals surface area contributed by atoms with Crippen molar-refractivity contribution in [3.05, 3.63) is 66.4 Å². The Bertz CT molecular complexity index is 805. The van der Waals surface area contributed by atoms with Gasteiger partial charge < -0.3 is 9.73 Å². The van der Waals surface area contributed by atoms with E-state index < -0.39 is 0 Å². The van der Waals surface area contributed by atoms with Crippen LogP contribution >= 0.6 is 0 Å². The molecule has 3 rings (SSSR count). The van der Waals surface area contributed by atoms with Gasteiger partial charge >= 0.3 is 0 Å². The van der Waals surface area contributed by atoms with Gasteiger partial charge in [0, 0.05) is 19.3 Å². The molecule has 0 aromatic carbocycles. The third-order valence-electron chi connectivity index (χ3n) is 3.29. The third-order valence-corrected chi connectivity index (χ3v) is 3.29. The maximum Gasteiger partial charge on any atom is 0.244 e. The SMILES string of the molecule is Cn1nc(-c2ccccn2)cc1CNC(=O)/C=C/c1ccco1. The Kier molecular flexibility index (Phi) is 4.33. The van der Waals surface area contributed by atoms with Crippen LogP contribution in [0, 0.1) is 0 Å². The van der Waals surface area contributed by atoms with Gasteiger partial charge in [-0.2, -0.15) is 5.10 Å². The van der Waals surface area contributed by atoms with Crippen molar-refractivity contribution in [3.63, 3.8) is 0 Å². The second-order valence-electron chi connectivity index (χ2n) is 4.93. The number of hydrogen-bond donors (Lipinski definition) is 1. The minimum absolute atomic E-state index is 0.193. The van der Waals surface area contributed by atoms with Crippen molar-refractivity contribution in [1.82, 2.24) is 20.1 Å². The van der Waals surface area contributed by atoms with E-state index in [0.717, 1.165) is 17.1 Å². The second kappa shape index (κ2) is 6.74. The molecule has 0 aliphatic heterocycles. The van der Waals surface area contributed by atoms with Crippen molar-refractivity contribution in [2.45, 2.75) is 6.54 Å². The van der Waals surface area contributed by atoms with Gasteiger partial charge in [-0.1, -0.05) is 6.07 Å². The Hall–Kier alpha value is -3.15. The first-order chi connectivity index (χ1) is 11.2. The van der Waals surface area contributed by atoms with Gasteiger partial charge in [0.05, 0.1) is 24.2 Å². The number of pyridine rings is 1. The van der Waals surface area contributed by atoms with E-state index in [1.807, 2.05) is 31.3 Å². The van der Waals surface area contributed by atoms with Gasteiger partial charge in [0.1, 0.15) is 11.5 Å². The van der Waals surface area contributed by atoms with E-state index in [1.54, 1.807) is 35.4 Å². The molecule has 0 saturated carbocycles. The molecule has 3 heterocycles. The van der Waals surface area contributed by atoms with Crippen molar-refractivity contribution in [2.24, 2.45) is 7.05 Å². The predicted octanol–water partition coefficient (Wildman–Crippen LogP) is 2.40. The Balaban J connectivity index is 1.62. The van der Waals surface area contributed by atoms with E-state index in [0.29, 0.717) is 12.3 Å². The maximum atomic E-state index is 11.8. The van der Waals surface area contributed by atoms with Crippen LogP contribution in [0.4, 0.5) is 0 Å². The Morgan fingerprint density at radius 3 is 2.96 bits per heavy atom. The number of nitrogens with zero attached hydrogens (tertiary/aromatic N) is 3. The van der Waals surface area contributed by atoms with E-state index in [9.17, 15) is 4.79 Å². The largest absolute Gasteiger partial charge is 0.465 e. The molecule has 0 unspecified atom stereocenters. The minimum atomic E-state index is -0.193. The molecule has 6 nitrogen and oxygen atoms in total. The molecule has 1 amide bonds. The van der Waals surface area contributed by atoms with Crippen molar-refractivity contribution in [1.29, 1.82) is 0 Å². The monoisotopic (exact) mass is 308 g/mol. The third kappa shape index (κ3) is 3.74. The fourth-order valence-corrected chi connectivity index (χ4v) is 2.09. The fourth-order valence-electron chi connectivity index (χ4n) is 2.09. The van der Waals surface area contributed by atoms with E-state index in [1.165, 1.54) is 6.08 Å². The van der Waals surface area contributed by atoms with Crippen molar-refractivity contribution in [3.8, 4) is 11.4 Å². The lowest BCUT2D eigenvalue weighted by Gasteiger charge is -2.02. The highest BCUT2D eigenvalue weighted by Gasteiger charge is 2.08. The summed E-state index contributed by atoms with van der Waals surface area (Å²) in [5.41, 5.74) is 2.48. The summed E-state index contributed by atoms with van der Waals surface area (Å²) >= 11 is 0. The number of furan rings is 1. The first kappa shape index (κ1) is 14.8. The topological polar surface area (TPSA) is 73.0 Å². The summed E-state index contributed by atoms with van der Waals surface area (Å²) in [6, 6.07) is 11.1. The highest BCUT2D eigenvalue weighted by atomic mass is 16.3. The molecular weight excluding hydrogens is 292 g/mol. The van der Waals surface area contributed by atoms with E-state index in [-0.39, 0.29) is 5.91 Å². The van der Waals surface area contributed by atoms with E-state index in [2.05, 4.69) is 15.4 Å². The van der Waals surface area contributed by atoms with Crippen LogP contribution < -0.4 is 5.32 Å². The molecule has 0 bridgehead atoms. The van der Waals surface area contributed by atoms with Gasteiger partial charge in [-0.3, -0.25) is 14.5 Å². The summed E-state index contributed by atoms with van der Waals surface area (Å²) in [5, 5.41) is 7.23.